The van der Waals surface area contributed by atoms with Gasteiger partial charge in [-0.2, -0.15) is 13.2 Å². The highest BCUT2D eigenvalue weighted by molar-refractivity contribution is 7.99. The van der Waals surface area contributed by atoms with Gasteiger partial charge in [0.15, 0.2) is 0 Å². The number of ether oxygens (including phenoxy) is 1. The van der Waals surface area contributed by atoms with Crippen molar-refractivity contribution < 1.29 is 22.7 Å². The van der Waals surface area contributed by atoms with Gasteiger partial charge in [0.1, 0.15) is 11.3 Å². The Hall–Kier alpha value is -1.44. The number of likely N-dealkylation sites (tertiary alicyclic amines) is 1. The van der Waals surface area contributed by atoms with Crippen LogP contribution in [0.1, 0.15) is 45.7 Å². The zero-order valence-electron chi connectivity index (χ0n) is 15.3. The van der Waals surface area contributed by atoms with E-state index in [2.05, 4.69) is 4.98 Å². The molecule has 0 saturated carbocycles. The van der Waals surface area contributed by atoms with Gasteiger partial charge < -0.3 is 9.64 Å². The van der Waals surface area contributed by atoms with E-state index >= 15 is 0 Å². The van der Waals surface area contributed by atoms with Gasteiger partial charge in [0.25, 0.3) is 0 Å². The molecule has 2 rings (SSSR count). The van der Waals surface area contributed by atoms with E-state index < -0.39 is 17.5 Å². The maximum atomic E-state index is 12.7. The second-order valence-electron chi connectivity index (χ2n) is 7.41. The van der Waals surface area contributed by atoms with Crippen LogP contribution >= 0.6 is 11.8 Å². The molecular weight excluding hydrogens is 365 g/mol. The minimum atomic E-state index is -4.41. The van der Waals surface area contributed by atoms with Gasteiger partial charge in [-0.3, -0.25) is 0 Å². The van der Waals surface area contributed by atoms with Crippen LogP contribution in [-0.2, 0) is 10.9 Å². The SMILES string of the molecule is CC(C)(C)OC(=O)N1CCC(CCSc2cccc(C(F)(F)F)n2)CC1. The first kappa shape index (κ1) is 20.9. The van der Waals surface area contributed by atoms with E-state index in [0.717, 1.165) is 25.3 Å². The lowest BCUT2D eigenvalue weighted by Crippen LogP contribution is -2.41. The number of hydrogen-bond donors (Lipinski definition) is 0. The standard InChI is InChI=1S/C18H25F3N2O2S/c1-17(2,3)25-16(24)23-10-7-13(8-11-23)9-12-26-15-6-4-5-14(22-15)18(19,20)21/h4-6,13H,7-12H2,1-3H3. The van der Waals surface area contributed by atoms with Crippen LogP contribution in [0.2, 0.25) is 0 Å². The summed E-state index contributed by atoms with van der Waals surface area (Å²) in [5.41, 5.74) is -1.35. The van der Waals surface area contributed by atoms with Crippen LogP contribution in [0.25, 0.3) is 0 Å². The predicted octanol–water partition coefficient (Wildman–Crippen LogP) is 5.23. The minimum Gasteiger partial charge on any atom is -0.444 e. The van der Waals surface area contributed by atoms with Crippen LogP contribution in [0, 0.1) is 5.92 Å². The van der Waals surface area contributed by atoms with Crippen molar-refractivity contribution in [1.29, 1.82) is 0 Å². The fraction of sp³-hybridized carbons (Fsp3) is 0.667. The van der Waals surface area contributed by atoms with Crippen molar-refractivity contribution >= 4 is 17.9 Å². The zero-order valence-corrected chi connectivity index (χ0v) is 16.1. The minimum absolute atomic E-state index is 0.279. The summed E-state index contributed by atoms with van der Waals surface area (Å²) in [6, 6.07) is 3.97. The number of carbonyl (C=O) groups is 1. The Morgan fingerprint density at radius 1 is 1.27 bits per heavy atom. The predicted molar refractivity (Wildman–Crippen MR) is 95.1 cm³/mol. The molecule has 4 nitrogen and oxygen atoms in total. The first-order chi connectivity index (χ1) is 12.0. The largest absolute Gasteiger partial charge is 0.444 e. The van der Waals surface area contributed by atoms with Gasteiger partial charge in [0.2, 0.25) is 0 Å². The number of alkyl halides is 3. The highest BCUT2D eigenvalue weighted by atomic mass is 32.2. The maximum absolute atomic E-state index is 12.7. The van der Waals surface area contributed by atoms with Crippen molar-refractivity contribution in [1.82, 2.24) is 9.88 Å². The van der Waals surface area contributed by atoms with Crippen LogP contribution in [-0.4, -0.2) is 40.4 Å². The van der Waals surface area contributed by atoms with Gasteiger partial charge in [-0.25, -0.2) is 9.78 Å². The van der Waals surface area contributed by atoms with Gasteiger partial charge in [-0.05, 0) is 63.8 Å². The van der Waals surface area contributed by atoms with Crippen molar-refractivity contribution in [2.24, 2.45) is 5.92 Å². The number of rotatable bonds is 4. The molecule has 2 heterocycles. The van der Waals surface area contributed by atoms with Gasteiger partial charge in [-0.1, -0.05) is 6.07 Å². The molecule has 0 radical (unpaired) electrons. The fourth-order valence-electron chi connectivity index (χ4n) is 2.71. The molecule has 0 N–H and O–H groups in total. The molecule has 0 aromatic carbocycles. The van der Waals surface area contributed by atoms with Crippen molar-refractivity contribution in [3.05, 3.63) is 23.9 Å². The number of hydrogen-bond acceptors (Lipinski definition) is 4. The fourth-order valence-corrected chi connectivity index (χ4v) is 3.71. The molecule has 0 unspecified atom stereocenters. The Labute approximate surface area is 156 Å². The summed E-state index contributed by atoms with van der Waals surface area (Å²) in [5.74, 6) is 1.18. The average Bonchev–Trinajstić information content (AvgIpc) is 2.53. The summed E-state index contributed by atoms with van der Waals surface area (Å²) in [6.45, 7) is 6.85. The smallest absolute Gasteiger partial charge is 0.433 e. The molecule has 0 atom stereocenters. The number of amides is 1. The van der Waals surface area contributed by atoms with Gasteiger partial charge >= 0.3 is 12.3 Å². The van der Waals surface area contributed by atoms with E-state index in [1.54, 1.807) is 11.0 Å². The van der Waals surface area contributed by atoms with Crippen molar-refractivity contribution in [3.8, 4) is 0 Å². The topological polar surface area (TPSA) is 42.4 Å². The third-order valence-corrected chi connectivity index (χ3v) is 5.02. The van der Waals surface area contributed by atoms with Crippen molar-refractivity contribution in [3.63, 3.8) is 0 Å². The quantitative estimate of drug-likeness (QED) is 0.660. The van der Waals surface area contributed by atoms with Gasteiger partial charge in [-0.15, -0.1) is 11.8 Å². The van der Waals surface area contributed by atoms with Gasteiger partial charge in [0, 0.05) is 13.1 Å². The summed E-state index contributed by atoms with van der Waals surface area (Å²) in [4.78, 5) is 17.4. The van der Waals surface area contributed by atoms with E-state index in [1.807, 2.05) is 20.8 Å². The maximum Gasteiger partial charge on any atom is 0.433 e. The van der Waals surface area contributed by atoms with E-state index in [4.69, 9.17) is 4.74 Å². The summed E-state index contributed by atoms with van der Waals surface area (Å²) >= 11 is 1.34. The van der Waals surface area contributed by atoms with Crippen molar-refractivity contribution in [2.45, 2.75) is 56.8 Å². The molecule has 0 spiro atoms. The molecule has 1 amide bonds. The molecule has 1 aliphatic rings. The molecule has 0 bridgehead atoms. The Morgan fingerprint density at radius 3 is 2.50 bits per heavy atom. The average molecular weight is 390 g/mol. The second kappa shape index (κ2) is 8.50. The van der Waals surface area contributed by atoms with Crippen LogP contribution < -0.4 is 0 Å². The molecule has 26 heavy (non-hydrogen) atoms. The molecule has 146 valence electrons. The number of nitrogens with zero attached hydrogens (tertiary/aromatic N) is 2. The van der Waals surface area contributed by atoms with E-state index in [0.29, 0.717) is 29.8 Å². The number of aromatic nitrogens is 1. The first-order valence-electron chi connectivity index (χ1n) is 8.69. The number of pyridine rings is 1. The van der Waals surface area contributed by atoms with Crippen LogP contribution in [0.3, 0.4) is 0 Å². The lowest BCUT2D eigenvalue weighted by atomic mass is 9.95. The van der Waals surface area contributed by atoms with Gasteiger partial charge in [0.05, 0.1) is 5.03 Å². The summed E-state index contributed by atoms with van der Waals surface area (Å²) in [5, 5.41) is 0.394. The number of halogens is 3. The lowest BCUT2D eigenvalue weighted by Gasteiger charge is -2.33. The Kier molecular flexibility index (Phi) is 6.82. The number of thioether (sulfide) groups is 1. The number of piperidine rings is 1. The molecule has 8 heteroatoms. The molecule has 1 aliphatic heterocycles. The third kappa shape index (κ3) is 6.70. The monoisotopic (exact) mass is 390 g/mol. The molecule has 1 aromatic heterocycles. The van der Waals surface area contributed by atoms with E-state index in [9.17, 15) is 18.0 Å². The third-order valence-electron chi connectivity index (χ3n) is 4.06. The Morgan fingerprint density at radius 2 is 1.92 bits per heavy atom. The van der Waals surface area contributed by atoms with Crippen molar-refractivity contribution in [2.75, 3.05) is 18.8 Å². The number of carbonyl (C=O) groups excluding carboxylic acids is 1. The molecule has 1 fully saturated rings. The zero-order chi connectivity index (χ0) is 19.4. The van der Waals surface area contributed by atoms with Crippen LogP contribution in [0.4, 0.5) is 18.0 Å². The summed E-state index contributed by atoms with van der Waals surface area (Å²) in [6.07, 6.45) is -2.03. The van der Waals surface area contributed by atoms with E-state index in [-0.39, 0.29) is 6.09 Å². The highest BCUT2D eigenvalue weighted by Gasteiger charge is 2.32. The Balaban J connectivity index is 1.73. The van der Waals surface area contributed by atoms with E-state index in [1.165, 1.54) is 17.8 Å². The molecule has 1 aromatic rings. The first-order valence-corrected chi connectivity index (χ1v) is 9.68. The highest BCUT2D eigenvalue weighted by Crippen LogP contribution is 2.30. The normalized spacial score (nSPS) is 16.6. The summed E-state index contributed by atoms with van der Waals surface area (Å²) < 4.78 is 43.4. The van der Waals surface area contributed by atoms with Crippen LogP contribution in [0.15, 0.2) is 23.2 Å². The molecular formula is C18H25F3N2O2S. The lowest BCUT2D eigenvalue weighted by molar-refractivity contribution is -0.141. The second-order valence-corrected chi connectivity index (χ2v) is 8.52. The molecule has 0 aliphatic carbocycles. The molecule has 1 saturated heterocycles. The van der Waals surface area contributed by atoms with Crippen LogP contribution in [0.5, 0.6) is 0 Å². The Bertz CT molecular complexity index is 609. The summed E-state index contributed by atoms with van der Waals surface area (Å²) in [7, 11) is 0.